The molecule has 3 atom stereocenters. The number of rotatable bonds is 5. The topological polar surface area (TPSA) is 21.3 Å². The van der Waals surface area contributed by atoms with Crippen molar-refractivity contribution in [2.75, 3.05) is 6.54 Å². The zero-order valence-electron chi connectivity index (χ0n) is 12.5. The quantitative estimate of drug-likeness (QED) is 0.794. The van der Waals surface area contributed by atoms with Gasteiger partial charge in [-0.2, -0.15) is 0 Å². The molecular formula is C15H31NO. The smallest absolute Gasteiger partial charge is 0.0782 e. The van der Waals surface area contributed by atoms with E-state index in [1.165, 1.54) is 6.42 Å². The first-order valence-corrected chi connectivity index (χ1v) is 7.29. The molecule has 1 rings (SSSR count). The van der Waals surface area contributed by atoms with Gasteiger partial charge in [0.2, 0.25) is 0 Å². The molecule has 0 bridgehead atoms. The molecule has 17 heavy (non-hydrogen) atoms. The van der Waals surface area contributed by atoms with E-state index in [-0.39, 0.29) is 5.60 Å². The lowest BCUT2D eigenvalue weighted by atomic mass is 9.87. The van der Waals surface area contributed by atoms with Gasteiger partial charge in [0.15, 0.2) is 0 Å². The van der Waals surface area contributed by atoms with Gasteiger partial charge >= 0.3 is 0 Å². The average molecular weight is 241 g/mol. The van der Waals surface area contributed by atoms with Crippen LogP contribution in [0.4, 0.5) is 0 Å². The molecule has 0 aromatic heterocycles. The summed E-state index contributed by atoms with van der Waals surface area (Å²) < 4.78 is 6.44. The molecule has 102 valence electrons. The van der Waals surface area contributed by atoms with Crippen LogP contribution >= 0.6 is 0 Å². The van der Waals surface area contributed by atoms with Crippen molar-refractivity contribution in [1.29, 1.82) is 0 Å². The van der Waals surface area contributed by atoms with E-state index in [4.69, 9.17) is 4.74 Å². The normalized spacial score (nSPS) is 34.6. The van der Waals surface area contributed by atoms with Gasteiger partial charge in [0, 0.05) is 12.6 Å². The maximum atomic E-state index is 6.44. The number of nitrogens with one attached hydrogen (secondary N) is 1. The molecule has 0 aromatic carbocycles. The van der Waals surface area contributed by atoms with E-state index in [1.54, 1.807) is 0 Å². The maximum absolute atomic E-state index is 6.44. The minimum Gasteiger partial charge on any atom is -0.369 e. The molecule has 1 saturated heterocycles. The van der Waals surface area contributed by atoms with Crippen LogP contribution in [-0.4, -0.2) is 24.3 Å². The molecule has 0 aliphatic carbocycles. The number of hydrogen-bond donors (Lipinski definition) is 1. The summed E-state index contributed by atoms with van der Waals surface area (Å²) in [6, 6.07) is 0.516. The Bertz CT molecular complexity index is 227. The summed E-state index contributed by atoms with van der Waals surface area (Å²) in [5, 5.41) is 3.72. The summed E-state index contributed by atoms with van der Waals surface area (Å²) in [4.78, 5) is 0. The van der Waals surface area contributed by atoms with Crippen molar-refractivity contribution >= 4 is 0 Å². The second-order valence-electron chi connectivity index (χ2n) is 6.64. The van der Waals surface area contributed by atoms with Gasteiger partial charge in [-0.3, -0.25) is 0 Å². The lowest BCUT2D eigenvalue weighted by Crippen LogP contribution is -2.59. The zero-order chi connectivity index (χ0) is 13.1. The molecule has 1 heterocycles. The molecule has 0 spiro atoms. The Hall–Kier alpha value is -0.0800. The predicted octanol–water partition coefficient (Wildman–Crippen LogP) is 3.60. The van der Waals surface area contributed by atoms with Gasteiger partial charge in [-0.05, 0) is 31.6 Å². The molecule has 1 aliphatic rings. The summed E-state index contributed by atoms with van der Waals surface area (Å²) in [5.41, 5.74) is 0.0414. The van der Waals surface area contributed by atoms with Crippen LogP contribution in [-0.2, 0) is 4.74 Å². The fraction of sp³-hybridized carbons (Fsp3) is 1.00. The van der Waals surface area contributed by atoms with Crippen LogP contribution in [0.25, 0.3) is 0 Å². The maximum Gasteiger partial charge on any atom is 0.0782 e. The highest BCUT2D eigenvalue weighted by molar-refractivity contribution is 4.92. The van der Waals surface area contributed by atoms with Crippen molar-refractivity contribution in [2.24, 2.45) is 11.8 Å². The highest BCUT2D eigenvalue weighted by Crippen LogP contribution is 2.30. The van der Waals surface area contributed by atoms with E-state index in [0.717, 1.165) is 19.4 Å². The average Bonchev–Trinajstić information content (AvgIpc) is 2.15. The first-order chi connectivity index (χ1) is 7.88. The van der Waals surface area contributed by atoms with Crippen LogP contribution in [0.5, 0.6) is 0 Å². The van der Waals surface area contributed by atoms with Crippen molar-refractivity contribution < 1.29 is 4.74 Å². The molecule has 1 fully saturated rings. The van der Waals surface area contributed by atoms with E-state index in [9.17, 15) is 0 Å². The Morgan fingerprint density at radius 2 is 1.94 bits per heavy atom. The van der Waals surface area contributed by atoms with Crippen molar-refractivity contribution in [3.05, 3.63) is 0 Å². The Morgan fingerprint density at radius 1 is 1.29 bits per heavy atom. The van der Waals surface area contributed by atoms with Crippen LogP contribution < -0.4 is 5.32 Å². The standard InChI is InChI=1S/C15H31NO/c1-7-8-15(6)10-16-14(12(4)5)13(17-15)9-11(2)3/h11-14,16H,7-10H2,1-6H3. The van der Waals surface area contributed by atoms with Crippen LogP contribution in [0.2, 0.25) is 0 Å². The predicted molar refractivity (Wildman–Crippen MR) is 74.3 cm³/mol. The molecule has 1 N–H and O–H groups in total. The van der Waals surface area contributed by atoms with E-state index in [2.05, 4.69) is 46.9 Å². The van der Waals surface area contributed by atoms with Crippen molar-refractivity contribution in [3.8, 4) is 0 Å². The van der Waals surface area contributed by atoms with Gasteiger partial charge in [-0.15, -0.1) is 0 Å². The lowest BCUT2D eigenvalue weighted by molar-refractivity contribution is -0.141. The molecule has 3 unspecified atom stereocenters. The van der Waals surface area contributed by atoms with Crippen LogP contribution in [0.15, 0.2) is 0 Å². The van der Waals surface area contributed by atoms with Crippen molar-refractivity contribution in [1.82, 2.24) is 5.32 Å². The molecular weight excluding hydrogens is 210 g/mol. The van der Waals surface area contributed by atoms with Gasteiger partial charge in [0.05, 0.1) is 11.7 Å². The van der Waals surface area contributed by atoms with Gasteiger partial charge < -0.3 is 10.1 Å². The highest BCUT2D eigenvalue weighted by atomic mass is 16.5. The second kappa shape index (κ2) is 6.19. The number of morpholine rings is 1. The highest BCUT2D eigenvalue weighted by Gasteiger charge is 2.38. The third-order valence-electron chi connectivity index (χ3n) is 3.75. The summed E-state index contributed by atoms with van der Waals surface area (Å²) >= 11 is 0. The minimum absolute atomic E-state index is 0.0414. The fourth-order valence-corrected chi connectivity index (χ4v) is 2.95. The van der Waals surface area contributed by atoms with Crippen LogP contribution in [0, 0.1) is 11.8 Å². The second-order valence-corrected chi connectivity index (χ2v) is 6.64. The Morgan fingerprint density at radius 3 is 2.41 bits per heavy atom. The van der Waals surface area contributed by atoms with E-state index >= 15 is 0 Å². The van der Waals surface area contributed by atoms with Crippen LogP contribution in [0.3, 0.4) is 0 Å². The van der Waals surface area contributed by atoms with Gasteiger partial charge in [-0.25, -0.2) is 0 Å². The van der Waals surface area contributed by atoms with Gasteiger partial charge in [-0.1, -0.05) is 41.0 Å². The third-order valence-corrected chi connectivity index (χ3v) is 3.75. The molecule has 0 aromatic rings. The summed E-state index contributed by atoms with van der Waals surface area (Å²) in [5.74, 6) is 1.34. The largest absolute Gasteiger partial charge is 0.369 e. The molecule has 2 heteroatoms. The first kappa shape index (κ1) is 15.0. The summed E-state index contributed by atoms with van der Waals surface area (Å²) in [6.45, 7) is 14.6. The third kappa shape index (κ3) is 4.26. The monoisotopic (exact) mass is 241 g/mol. The zero-order valence-corrected chi connectivity index (χ0v) is 12.5. The van der Waals surface area contributed by atoms with E-state index < -0.39 is 0 Å². The molecule has 2 nitrogen and oxygen atoms in total. The molecule has 0 radical (unpaired) electrons. The number of hydrogen-bond acceptors (Lipinski definition) is 2. The van der Waals surface area contributed by atoms with Gasteiger partial charge in [0.25, 0.3) is 0 Å². The SMILES string of the molecule is CCCC1(C)CNC(C(C)C)C(CC(C)C)O1. The lowest BCUT2D eigenvalue weighted by Gasteiger charge is -2.46. The van der Waals surface area contributed by atoms with Crippen molar-refractivity contribution in [2.45, 2.75) is 78.6 Å². The van der Waals surface area contributed by atoms with Gasteiger partial charge in [0.1, 0.15) is 0 Å². The first-order valence-electron chi connectivity index (χ1n) is 7.29. The molecule has 0 amide bonds. The number of ether oxygens (including phenoxy) is 1. The Balaban J connectivity index is 2.69. The molecule has 1 aliphatic heterocycles. The molecule has 0 saturated carbocycles. The Labute approximate surface area is 108 Å². The summed E-state index contributed by atoms with van der Waals surface area (Å²) in [7, 11) is 0. The summed E-state index contributed by atoms with van der Waals surface area (Å²) in [6.07, 6.45) is 3.88. The van der Waals surface area contributed by atoms with Crippen molar-refractivity contribution in [3.63, 3.8) is 0 Å². The Kier molecular flexibility index (Phi) is 5.46. The fourth-order valence-electron chi connectivity index (χ4n) is 2.95. The van der Waals surface area contributed by atoms with Crippen LogP contribution in [0.1, 0.15) is 60.8 Å². The van der Waals surface area contributed by atoms with E-state index in [0.29, 0.717) is 24.0 Å². The minimum atomic E-state index is 0.0414. The van der Waals surface area contributed by atoms with E-state index in [1.807, 2.05) is 0 Å².